The number of benzene rings is 1. The Labute approximate surface area is 117 Å². The number of nitro groups is 1. The second-order valence-corrected chi connectivity index (χ2v) is 6.69. The van der Waals surface area contributed by atoms with Crippen LogP contribution in [-0.4, -0.2) is 37.3 Å². The van der Waals surface area contributed by atoms with Crippen molar-refractivity contribution in [2.75, 3.05) is 18.9 Å². The van der Waals surface area contributed by atoms with Gasteiger partial charge in [-0.1, -0.05) is 0 Å². The number of hydrogen-bond donors (Lipinski definition) is 1. The highest BCUT2D eigenvalue weighted by Gasteiger charge is 2.38. The van der Waals surface area contributed by atoms with Crippen LogP contribution in [0.15, 0.2) is 23.1 Å². The zero-order chi connectivity index (χ0) is 14.9. The first-order valence-corrected chi connectivity index (χ1v) is 7.82. The SMILES string of the molecule is CCNc1ccc([N+](=O)[O-])c(S(=O)(=O)N(C)C2CC2)c1. The zero-order valence-electron chi connectivity index (χ0n) is 11.4. The summed E-state index contributed by atoms with van der Waals surface area (Å²) in [7, 11) is -2.37. The summed E-state index contributed by atoms with van der Waals surface area (Å²) in [6.45, 7) is 2.47. The molecule has 110 valence electrons. The number of nitro benzene ring substituents is 1. The van der Waals surface area contributed by atoms with Gasteiger partial charge in [0.05, 0.1) is 4.92 Å². The Morgan fingerprint density at radius 2 is 2.10 bits per heavy atom. The maximum absolute atomic E-state index is 12.5. The molecule has 20 heavy (non-hydrogen) atoms. The van der Waals surface area contributed by atoms with E-state index < -0.39 is 14.9 Å². The van der Waals surface area contributed by atoms with Gasteiger partial charge in [0, 0.05) is 31.4 Å². The largest absolute Gasteiger partial charge is 0.385 e. The first-order valence-electron chi connectivity index (χ1n) is 6.38. The van der Waals surface area contributed by atoms with E-state index in [9.17, 15) is 18.5 Å². The van der Waals surface area contributed by atoms with Crippen LogP contribution in [0, 0.1) is 10.1 Å². The monoisotopic (exact) mass is 299 g/mol. The molecule has 1 N–H and O–H groups in total. The lowest BCUT2D eigenvalue weighted by Gasteiger charge is -2.17. The lowest BCUT2D eigenvalue weighted by Crippen LogP contribution is -2.29. The van der Waals surface area contributed by atoms with Gasteiger partial charge in [0.1, 0.15) is 0 Å². The summed E-state index contributed by atoms with van der Waals surface area (Å²) in [6, 6.07) is 4.03. The molecule has 1 aliphatic rings. The van der Waals surface area contributed by atoms with Crippen LogP contribution in [0.2, 0.25) is 0 Å². The Bertz CT molecular complexity index is 626. The zero-order valence-corrected chi connectivity index (χ0v) is 12.2. The first-order chi connectivity index (χ1) is 9.37. The third-order valence-electron chi connectivity index (χ3n) is 3.26. The predicted molar refractivity (Wildman–Crippen MR) is 75.2 cm³/mol. The molecule has 0 spiro atoms. The fourth-order valence-electron chi connectivity index (χ4n) is 1.98. The molecule has 0 aromatic heterocycles. The molecule has 1 saturated carbocycles. The fourth-order valence-corrected chi connectivity index (χ4v) is 3.57. The highest BCUT2D eigenvalue weighted by Crippen LogP contribution is 2.34. The molecule has 1 aromatic rings. The van der Waals surface area contributed by atoms with Gasteiger partial charge in [-0.15, -0.1) is 0 Å². The van der Waals surface area contributed by atoms with Crippen LogP contribution in [-0.2, 0) is 10.0 Å². The van der Waals surface area contributed by atoms with Crippen LogP contribution < -0.4 is 5.32 Å². The molecule has 8 heteroatoms. The molecule has 1 fully saturated rings. The molecule has 0 heterocycles. The third kappa shape index (κ3) is 2.75. The molecule has 0 bridgehead atoms. The van der Waals surface area contributed by atoms with Crippen LogP contribution in [0.5, 0.6) is 0 Å². The van der Waals surface area contributed by atoms with Gasteiger partial charge >= 0.3 is 0 Å². The number of anilines is 1. The highest BCUT2D eigenvalue weighted by molar-refractivity contribution is 7.89. The summed E-state index contributed by atoms with van der Waals surface area (Å²) in [6.07, 6.45) is 1.60. The van der Waals surface area contributed by atoms with Gasteiger partial charge in [0.15, 0.2) is 4.90 Å². The van der Waals surface area contributed by atoms with Crippen LogP contribution in [0.1, 0.15) is 19.8 Å². The predicted octanol–water partition coefficient (Wildman–Crippen LogP) is 1.81. The molecule has 1 aliphatic carbocycles. The van der Waals surface area contributed by atoms with Crippen molar-refractivity contribution in [2.45, 2.75) is 30.7 Å². The highest BCUT2D eigenvalue weighted by atomic mass is 32.2. The summed E-state index contributed by atoms with van der Waals surface area (Å²) in [4.78, 5) is 10.1. The minimum Gasteiger partial charge on any atom is -0.385 e. The van der Waals surface area contributed by atoms with Gasteiger partial charge < -0.3 is 5.32 Å². The molecular formula is C12H17N3O4S. The fraction of sp³-hybridized carbons (Fsp3) is 0.500. The minimum absolute atomic E-state index is 0.0394. The van der Waals surface area contributed by atoms with E-state index in [0.717, 1.165) is 12.8 Å². The van der Waals surface area contributed by atoms with Crippen LogP contribution in [0.3, 0.4) is 0 Å². The summed E-state index contributed by atoms with van der Waals surface area (Å²) in [5.74, 6) is 0. The Balaban J connectivity index is 2.51. The number of hydrogen-bond acceptors (Lipinski definition) is 5. The maximum atomic E-state index is 12.5. The standard InChI is InChI=1S/C12H17N3O4S/c1-3-13-9-4-7-11(15(16)17)12(8-9)20(18,19)14(2)10-5-6-10/h4,7-8,10,13H,3,5-6H2,1-2H3. The molecular weight excluding hydrogens is 282 g/mol. The summed E-state index contributed by atoms with van der Waals surface area (Å²) >= 11 is 0. The van der Waals surface area contributed by atoms with Crippen molar-refractivity contribution in [1.82, 2.24) is 4.31 Å². The van der Waals surface area contributed by atoms with Crippen LogP contribution in [0.25, 0.3) is 0 Å². The minimum atomic E-state index is -3.84. The molecule has 7 nitrogen and oxygen atoms in total. The molecule has 0 amide bonds. The lowest BCUT2D eigenvalue weighted by molar-refractivity contribution is -0.387. The second-order valence-electron chi connectivity index (χ2n) is 4.72. The van der Waals surface area contributed by atoms with Crippen molar-refractivity contribution in [3.8, 4) is 0 Å². The molecule has 0 aliphatic heterocycles. The normalized spacial score (nSPS) is 15.3. The maximum Gasteiger partial charge on any atom is 0.289 e. The number of nitrogens with one attached hydrogen (secondary N) is 1. The summed E-state index contributed by atoms with van der Waals surface area (Å²) in [5.41, 5.74) is 0.167. The van der Waals surface area contributed by atoms with E-state index >= 15 is 0 Å². The number of sulfonamides is 1. The molecule has 1 aromatic carbocycles. The Morgan fingerprint density at radius 1 is 1.45 bits per heavy atom. The summed E-state index contributed by atoms with van der Waals surface area (Å²) < 4.78 is 26.2. The van der Waals surface area contributed by atoms with E-state index in [1.54, 1.807) is 0 Å². The van der Waals surface area contributed by atoms with Crippen molar-refractivity contribution >= 4 is 21.4 Å². The quantitative estimate of drug-likeness (QED) is 0.638. The van der Waals surface area contributed by atoms with Gasteiger partial charge in [-0.2, -0.15) is 4.31 Å². The van der Waals surface area contributed by atoms with Gasteiger partial charge in [0.25, 0.3) is 5.69 Å². The van der Waals surface area contributed by atoms with Gasteiger partial charge in [0.2, 0.25) is 10.0 Å². The smallest absolute Gasteiger partial charge is 0.289 e. The Hall–Kier alpha value is -1.67. The molecule has 2 rings (SSSR count). The van der Waals surface area contributed by atoms with Crippen molar-refractivity contribution in [3.05, 3.63) is 28.3 Å². The number of rotatable bonds is 6. The second kappa shape index (κ2) is 5.37. The average Bonchev–Trinajstić information content (AvgIpc) is 3.22. The molecule has 0 unspecified atom stereocenters. The van der Waals surface area contributed by atoms with Gasteiger partial charge in [-0.25, -0.2) is 8.42 Å². The van der Waals surface area contributed by atoms with Crippen LogP contribution >= 0.6 is 0 Å². The van der Waals surface area contributed by atoms with Crippen molar-refractivity contribution in [3.63, 3.8) is 0 Å². The van der Waals surface area contributed by atoms with E-state index in [2.05, 4.69) is 5.32 Å². The average molecular weight is 299 g/mol. The van der Waals surface area contributed by atoms with E-state index in [0.29, 0.717) is 12.2 Å². The van der Waals surface area contributed by atoms with Gasteiger partial charge in [-0.3, -0.25) is 10.1 Å². The van der Waals surface area contributed by atoms with E-state index in [4.69, 9.17) is 0 Å². The van der Waals surface area contributed by atoms with Crippen LogP contribution in [0.4, 0.5) is 11.4 Å². The molecule has 0 radical (unpaired) electrons. The van der Waals surface area contributed by atoms with Crippen molar-refractivity contribution in [2.24, 2.45) is 0 Å². The van der Waals surface area contributed by atoms with E-state index in [-0.39, 0.29) is 16.6 Å². The Kier molecular flexibility index (Phi) is 3.96. The Morgan fingerprint density at radius 3 is 2.60 bits per heavy atom. The lowest BCUT2D eigenvalue weighted by atomic mass is 10.3. The third-order valence-corrected chi connectivity index (χ3v) is 5.19. The molecule has 0 atom stereocenters. The summed E-state index contributed by atoms with van der Waals surface area (Å²) in [5, 5.41) is 14.0. The van der Waals surface area contributed by atoms with E-state index in [1.807, 2.05) is 6.92 Å². The number of nitrogens with zero attached hydrogens (tertiary/aromatic N) is 2. The first kappa shape index (κ1) is 14.7. The van der Waals surface area contributed by atoms with Gasteiger partial charge in [-0.05, 0) is 31.9 Å². The molecule has 0 saturated heterocycles. The van der Waals surface area contributed by atoms with Crippen molar-refractivity contribution in [1.29, 1.82) is 0 Å². The van der Waals surface area contributed by atoms with Crippen molar-refractivity contribution < 1.29 is 13.3 Å². The van der Waals surface area contributed by atoms with E-state index in [1.165, 1.54) is 29.6 Å². The topological polar surface area (TPSA) is 92.5 Å².